The number of hydrogen-bond acceptors (Lipinski definition) is 4. The van der Waals surface area contributed by atoms with Crippen LogP contribution in [0.1, 0.15) is 27.5 Å². The van der Waals surface area contributed by atoms with E-state index in [0.29, 0.717) is 17.7 Å². The molecular weight excluding hydrogens is 304 g/mol. The lowest BCUT2D eigenvalue weighted by molar-refractivity contribution is 0.0937. The number of rotatable bonds is 5. The van der Waals surface area contributed by atoms with Crippen LogP contribution in [-0.4, -0.2) is 15.3 Å². The summed E-state index contributed by atoms with van der Waals surface area (Å²) in [5.74, 6) is 2.03. The van der Waals surface area contributed by atoms with Gasteiger partial charge in [-0.25, -0.2) is 4.98 Å². The normalized spacial score (nSPS) is 10.3. The minimum absolute atomic E-state index is 0.0149. The van der Waals surface area contributed by atoms with Crippen molar-refractivity contribution in [3.05, 3.63) is 88.0 Å². The van der Waals surface area contributed by atoms with Gasteiger partial charge in [0.05, 0.1) is 12.2 Å². The van der Waals surface area contributed by atoms with Crippen LogP contribution in [0.2, 0.25) is 0 Å². The lowest BCUT2D eigenvalue weighted by Crippen LogP contribution is -2.23. The van der Waals surface area contributed by atoms with Gasteiger partial charge in [0.2, 0.25) is 5.78 Å². The van der Waals surface area contributed by atoms with E-state index in [1.165, 1.54) is 29.2 Å². The Balaban J connectivity index is 1.75. The van der Waals surface area contributed by atoms with Crippen molar-refractivity contribution in [1.29, 1.82) is 0 Å². The standard InChI is InChI=1S/C19H14N2O3/c1-2-14-8-9-18(23)21(11-14)12-17(22)19-20-16(13-24-19)10-15-6-4-3-5-7-15/h1,3-9,11,13H,10,12H2. The molecule has 0 saturated carbocycles. The van der Waals surface area contributed by atoms with Crippen LogP contribution in [0.3, 0.4) is 0 Å². The largest absolute Gasteiger partial charge is 0.442 e. The van der Waals surface area contributed by atoms with Crippen molar-refractivity contribution < 1.29 is 9.21 Å². The van der Waals surface area contributed by atoms with Gasteiger partial charge < -0.3 is 8.98 Å². The number of oxazole rings is 1. The fraction of sp³-hybridized carbons (Fsp3) is 0.105. The summed E-state index contributed by atoms with van der Waals surface area (Å²) in [4.78, 5) is 28.3. The Morgan fingerprint density at radius 3 is 2.75 bits per heavy atom. The number of nitrogens with zero attached hydrogens (tertiary/aromatic N) is 2. The highest BCUT2D eigenvalue weighted by Gasteiger charge is 2.15. The Morgan fingerprint density at radius 2 is 2.00 bits per heavy atom. The predicted molar refractivity (Wildman–Crippen MR) is 88.7 cm³/mol. The molecule has 1 aromatic carbocycles. The molecular formula is C19H14N2O3. The third-order valence-electron chi connectivity index (χ3n) is 3.48. The smallest absolute Gasteiger partial charge is 0.265 e. The molecule has 0 aliphatic rings. The van der Waals surface area contributed by atoms with Crippen LogP contribution >= 0.6 is 0 Å². The lowest BCUT2D eigenvalue weighted by atomic mass is 10.1. The number of carbonyl (C=O) groups excluding carboxylic acids is 1. The topological polar surface area (TPSA) is 65.1 Å². The molecule has 24 heavy (non-hydrogen) atoms. The first-order chi connectivity index (χ1) is 11.7. The van der Waals surface area contributed by atoms with Gasteiger partial charge in [0.1, 0.15) is 6.26 Å². The minimum Gasteiger partial charge on any atom is -0.442 e. The van der Waals surface area contributed by atoms with E-state index in [2.05, 4.69) is 10.9 Å². The number of Topliss-reactive ketones (excluding diaryl/α,β-unsaturated/α-hetero) is 1. The van der Waals surface area contributed by atoms with E-state index in [-0.39, 0.29) is 23.8 Å². The first kappa shape index (κ1) is 15.5. The minimum atomic E-state index is -0.384. The number of hydrogen-bond donors (Lipinski definition) is 0. The van der Waals surface area contributed by atoms with Crippen LogP contribution in [-0.2, 0) is 13.0 Å². The monoisotopic (exact) mass is 318 g/mol. The molecule has 0 saturated heterocycles. The highest BCUT2D eigenvalue weighted by molar-refractivity contribution is 5.91. The SMILES string of the molecule is C#Cc1ccc(=O)n(CC(=O)c2nc(Cc3ccccc3)co2)c1. The molecule has 0 unspecified atom stereocenters. The zero-order valence-electron chi connectivity index (χ0n) is 12.8. The summed E-state index contributed by atoms with van der Waals surface area (Å²) in [6.45, 7) is -0.167. The molecule has 0 aliphatic heterocycles. The fourth-order valence-corrected chi connectivity index (χ4v) is 2.28. The Hall–Kier alpha value is -3.39. The summed E-state index contributed by atoms with van der Waals surface area (Å²) in [5.41, 5.74) is 1.95. The van der Waals surface area contributed by atoms with E-state index in [0.717, 1.165) is 5.56 Å². The molecule has 0 fully saturated rings. The Kier molecular flexibility index (Phi) is 4.39. The molecule has 0 N–H and O–H groups in total. The molecule has 0 aliphatic carbocycles. The summed E-state index contributed by atoms with van der Waals surface area (Å²) in [6.07, 6.45) is 8.81. The third kappa shape index (κ3) is 3.50. The van der Waals surface area contributed by atoms with Gasteiger partial charge in [-0.3, -0.25) is 9.59 Å². The number of pyridine rings is 1. The van der Waals surface area contributed by atoms with Crippen molar-refractivity contribution in [2.24, 2.45) is 0 Å². The van der Waals surface area contributed by atoms with Crippen molar-refractivity contribution in [2.45, 2.75) is 13.0 Å². The number of ketones is 1. The Bertz CT molecular complexity index is 962. The Labute approximate surface area is 138 Å². The van der Waals surface area contributed by atoms with E-state index in [9.17, 15) is 9.59 Å². The molecule has 0 spiro atoms. The molecule has 0 radical (unpaired) electrons. The summed E-state index contributed by atoms with van der Waals surface area (Å²) in [6, 6.07) is 12.6. The molecule has 0 atom stereocenters. The zero-order valence-corrected chi connectivity index (χ0v) is 12.8. The Morgan fingerprint density at radius 1 is 1.21 bits per heavy atom. The van der Waals surface area contributed by atoms with Crippen LogP contribution in [0, 0.1) is 12.3 Å². The molecule has 118 valence electrons. The maximum Gasteiger partial charge on any atom is 0.265 e. The van der Waals surface area contributed by atoms with Gasteiger partial charge in [0, 0.05) is 24.2 Å². The molecule has 5 nitrogen and oxygen atoms in total. The first-order valence-electron chi connectivity index (χ1n) is 7.34. The molecule has 0 bridgehead atoms. The van der Waals surface area contributed by atoms with Gasteiger partial charge in [0.15, 0.2) is 0 Å². The molecule has 3 aromatic rings. The average Bonchev–Trinajstić information content (AvgIpc) is 3.06. The number of benzene rings is 1. The van der Waals surface area contributed by atoms with Gasteiger partial charge in [-0.1, -0.05) is 36.3 Å². The van der Waals surface area contributed by atoms with Crippen LogP contribution in [0.4, 0.5) is 0 Å². The maximum atomic E-state index is 12.3. The van der Waals surface area contributed by atoms with E-state index >= 15 is 0 Å². The molecule has 0 amide bonds. The molecule has 2 heterocycles. The van der Waals surface area contributed by atoms with E-state index in [1.807, 2.05) is 30.3 Å². The highest BCUT2D eigenvalue weighted by atomic mass is 16.3. The first-order valence-corrected chi connectivity index (χ1v) is 7.34. The quantitative estimate of drug-likeness (QED) is 0.535. The lowest BCUT2D eigenvalue weighted by Gasteiger charge is -2.03. The van der Waals surface area contributed by atoms with Gasteiger partial charge in [-0.05, 0) is 11.6 Å². The predicted octanol–water partition coefficient (Wildman–Crippen LogP) is 2.29. The number of carbonyl (C=O) groups is 1. The van der Waals surface area contributed by atoms with Gasteiger partial charge >= 0.3 is 0 Å². The van der Waals surface area contributed by atoms with Crippen molar-refractivity contribution in [3.63, 3.8) is 0 Å². The van der Waals surface area contributed by atoms with Gasteiger partial charge in [0.25, 0.3) is 11.4 Å². The van der Waals surface area contributed by atoms with Crippen molar-refractivity contribution >= 4 is 5.78 Å². The highest BCUT2D eigenvalue weighted by Crippen LogP contribution is 2.10. The third-order valence-corrected chi connectivity index (χ3v) is 3.48. The summed E-state index contributed by atoms with van der Waals surface area (Å²) < 4.78 is 6.50. The average molecular weight is 318 g/mol. The second-order valence-electron chi connectivity index (χ2n) is 5.26. The van der Waals surface area contributed by atoms with Crippen LogP contribution in [0.15, 0.2) is 64.1 Å². The van der Waals surface area contributed by atoms with Crippen LogP contribution in [0.25, 0.3) is 0 Å². The van der Waals surface area contributed by atoms with E-state index < -0.39 is 0 Å². The number of aromatic nitrogens is 2. The second kappa shape index (κ2) is 6.80. The van der Waals surface area contributed by atoms with Gasteiger partial charge in [-0.15, -0.1) is 6.42 Å². The van der Waals surface area contributed by atoms with Crippen molar-refractivity contribution in [2.75, 3.05) is 0 Å². The summed E-state index contributed by atoms with van der Waals surface area (Å²) in [5, 5.41) is 0. The molecule has 3 rings (SSSR count). The maximum absolute atomic E-state index is 12.3. The van der Waals surface area contributed by atoms with E-state index in [1.54, 1.807) is 0 Å². The van der Waals surface area contributed by atoms with Crippen molar-refractivity contribution in [3.8, 4) is 12.3 Å². The van der Waals surface area contributed by atoms with Crippen molar-refractivity contribution in [1.82, 2.24) is 9.55 Å². The second-order valence-corrected chi connectivity index (χ2v) is 5.26. The van der Waals surface area contributed by atoms with E-state index in [4.69, 9.17) is 10.8 Å². The molecule has 5 heteroatoms. The van der Waals surface area contributed by atoms with Gasteiger partial charge in [-0.2, -0.15) is 0 Å². The summed E-state index contributed by atoms with van der Waals surface area (Å²) in [7, 11) is 0. The number of terminal acetylenes is 1. The fourth-order valence-electron chi connectivity index (χ4n) is 2.28. The van der Waals surface area contributed by atoms with Crippen LogP contribution in [0.5, 0.6) is 0 Å². The van der Waals surface area contributed by atoms with Crippen LogP contribution < -0.4 is 5.56 Å². The molecule has 2 aromatic heterocycles. The zero-order chi connectivity index (χ0) is 16.9. The summed E-state index contributed by atoms with van der Waals surface area (Å²) >= 11 is 0.